The Kier molecular flexibility index (Phi) is 3.78. The van der Waals surface area contributed by atoms with Gasteiger partial charge in [-0.1, -0.05) is 43.5 Å². The van der Waals surface area contributed by atoms with E-state index < -0.39 is 5.60 Å². The molecule has 0 bridgehead atoms. The molecule has 1 atom stereocenters. The van der Waals surface area contributed by atoms with Gasteiger partial charge in [-0.05, 0) is 69.2 Å². The summed E-state index contributed by atoms with van der Waals surface area (Å²) in [4.78, 5) is 2.72. The van der Waals surface area contributed by atoms with E-state index in [1.54, 1.807) is 0 Å². The Balaban J connectivity index is 1.61. The van der Waals surface area contributed by atoms with Crippen molar-refractivity contribution in [1.29, 1.82) is 0 Å². The minimum Gasteiger partial charge on any atom is -0.385 e. The zero-order valence-electron chi connectivity index (χ0n) is 13.7. The fourth-order valence-corrected chi connectivity index (χ4v) is 5.25. The zero-order valence-corrected chi connectivity index (χ0v) is 13.7. The quantitative estimate of drug-likeness (QED) is 0.879. The highest BCUT2D eigenvalue weighted by Crippen LogP contribution is 2.46. The highest BCUT2D eigenvalue weighted by molar-refractivity contribution is 5.33. The number of piperidine rings is 1. The summed E-state index contributed by atoms with van der Waals surface area (Å²) in [6.07, 6.45) is 12.2. The molecule has 0 spiro atoms. The Bertz CT molecular complexity index is 517. The van der Waals surface area contributed by atoms with Gasteiger partial charge in [0.25, 0.3) is 0 Å². The molecule has 0 radical (unpaired) electrons. The number of hydrogen-bond acceptors (Lipinski definition) is 2. The van der Waals surface area contributed by atoms with Crippen LogP contribution in [0.5, 0.6) is 0 Å². The van der Waals surface area contributed by atoms with Crippen molar-refractivity contribution >= 4 is 0 Å². The summed E-state index contributed by atoms with van der Waals surface area (Å²) in [7, 11) is 0. The summed E-state index contributed by atoms with van der Waals surface area (Å²) in [5.74, 6) is 0. The van der Waals surface area contributed by atoms with Crippen molar-refractivity contribution in [1.82, 2.24) is 4.90 Å². The van der Waals surface area contributed by atoms with Gasteiger partial charge in [-0.2, -0.15) is 0 Å². The number of aliphatic hydroxyl groups is 1. The number of hydrogen-bond donors (Lipinski definition) is 1. The first-order valence-electron chi connectivity index (χ1n) is 9.32. The molecule has 1 N–H and O–H groups in total. The number of nitrogens with zero attached hydrogens (tertiary/aromatic N) is 1. The third kappa shape index (κ3) is 2.32. The van der Waals surface area contributed by atoms with Gasteiger partial charge in [0.2, 0.25) is 0 Å². The zero-order chi connectivity index (χ0) is 15.0. The van der Waals surface area contributed by atoms with Crippen molar-refractivity contribution in [2.75, 3.05) is 13.1 Å². The molecule has 2 aliphatic heterocycles. The first-order valence-corrected chi connectivity index (χ1v) is 9.32. The molecule has 1 aromatic rings. The van der Waals surface area contributed by atoms with Crippen LogP contribution in [0.4, 0.5) is 0 Å². The lowest BCUT2D eigenvalue weighted by atomic mass is 9.77. The standard InChI is InChI=1S/C20H29NO/c22-20(13-2-1-3-14-20)18-9-7-17(8-10-18)19-11-4-5-15-21(19)16-6-12-19/h7-10,22H,1-6,11-16H2. The fourth-order valence-electron chi connectivity index (χ4n) is 5.25. The molecule has 2 nitrogen and oxygen atoms in total. The molecule has 1 aromatic carbocycles. The molecule has 1 saturated carbocycles. The van der Waals surface area contributed by atoms with Crippen LogP contribution < -0.4 is 0 Å². The van der Waals surface area contributed by atoms with Gasteiger partial charge in [-0.15, -0.1) is 0 Å². The van der Waals surface area contributed by atoms with Crippen molar-refractivity contribution in [3.8, 4) is 0 Å². The third-order valence-corrected chi connectivity index (χ3v) is 6.53. The average Bonchev–Trinajstić information content (AvgIpc) is 3.01. The van der Waals surface area contributed by atoms with E-state index in [2.05, 4.69) is 29.2 Å². The summed E-state index contributed by atoms with van der Waals surface area (Å²) in [6.45, 7) is 2.54. The summed E-state index contributed by atoms with van der Waals surface area (Å²) in [5.41, 5.74) is 2.39. The topological polar surface area (TPSA) is 23.5 Å². The molecule has 2 heterocycles. The van der Waals surface area contributed by atoms with Crippen molar-refractivity contribution in [2.24, 2.45) is 0 Å². The summed E-state index contributed by atoms with van der Waals surface area (Å²) >= 11 is 0. The van der Waals surface area contributed by atoms with Crippen LogP contribution in [0.1, 0.15) is 75.3 Å². The van der Waals surface area contributed by atoms with E-state index in [0.717, 1.165) is 31.2 Å². The fraction of sp³-hybridized carbons (Fsp3) is 0.700. The monoisotopic (exact) mass is 299 g/mol. The molecule has 2 saturated heterocycles. The molecule has 1 aliphatic carbocycles. The lowest BCUT2D eigenvalue weighted by Crippen LogP contribution is -2.44. The van der Waals surface area contributed by atoms with E-state index >= 15 is 0 Å². The second-order valence-electron chi connectivity index (χ2n) is 7.75. The molecular weight excluding hydrogens is 270 g/mol. The maximum Gasteiger partial charge on any atom is 0.0896 e. The van der Waals surface area contributed by atoms with Gasteiger partial charge in [0.15, 0.2) is 0 Å². The second-order valence-corrected chi connectivity index (χ2v) is 7.75. The van der Waals surface area contributed by atoms with Gasteiger partial charge in [0.05, 0.1) is 5.60 Å². The van der Waals surface area contributed by atoms with Gasteiger partial charge in [-0.25, -0.2) is 0 Å². The summed E-state index contributed by atoms with van der Waals surface area (Å²) in [5, 5.41) is 10.9. The van der Waals surface area contributed by atoms with E-state index in [4.69, 9.17) is 0 Å². The molecule has 0 aromatic heterocycles. The normalized spacial score (nSPS) is 31.9. The first kappa shape index (κ1) is 14.7. The van der Waals surface area contributed by atoms with Gasteiger partial charge in [0, 0.05) is 5.54 Å². The van der Waals surface area contributed by atoms with Crippen molar-refractivity contribution in [3.05, 3.63) is 35.4 Å². The minimum absolute atomic E-state index is 0.311. The lowest BCUT2D eigenvalue weighted by molar-refractivity contribution is -0.000733. The molecule has 3 aliphatic rings. The van der Waals surface area contributed by atoms with Crippen molar-refractivity contribution in [2.45, 2.75) is 75.3 Å². The van der Waals surface area contributed by atoms with Gasteiger partial charge < -0.3 is 5.11 Å². The molecular formula is C20H29NO. The van der Waals surface area contributed by atoms with Gasteiger partial charge in [0.1, 0.15) is 0 Å². The van der Waals surface area contributed by atoms with Crippen molar-refractivity contribution in [3.63, 3.8) is 0 Å². The van der Waals surface area contributed by atoms with E-state index in [1.165, 1.54) is 57.2 Å². The Morgan fingerprint density at radius 2 is 1.27 bits per heavy atom. The summed E-state index contributed by atoms with van der Waals surface area (Å²) < 4.78 is 0. The maximum atomic E-state index is 10.9. The predicted octanol–water partition coefficient (Wildman–Crippen LogP) is 4.31. The molecule has 2 heteroatoms. The highest BCUT2D eigenvalue weighted by Gasteiger charge is 2.43. The highest BCUT2D eigenvalue weighted by atomic mass is 16.3. The SMILES string of the molecule is OC1(c2ccc(C34CCCCN3CCC4)cc2)CCCCC1. The summed E-state index contributed by atoms with van der Waals surface area (Å²) in [6, 6.07) is 9.10. The average molecular weight is 299 g/mol. The minimum atomic E-state index is -0.559. The third-order valence-electron chi connectivity index (χ3n) is 6.53. The van der Waals surface area contributed by atoms with Gasteiger partial charge in [-0.3, -0.25) is 4.90 Å². The number of benzene rings is 1. The molecule has 1 unspecified atom stereocenters. The van der Waals surface area contributed by atoms with Crippen LogP contribution in [0.15, 0.2) is 24.3 Å². The molecule has 22 heavy (non-hydrogen) atoms. The van der Waals surface area contributed by atoms with Crippen LogP contribution in [0.3, 0.4) is 0 Å². The van der Waals surface area contributed by atoms with Crippen molar-refractivity contribution < 1.29 is 5.11 Å². The van der Waals surface area contributed by atoms with Crippen LogP contribution in [0.25, 0.3) is 0 Å². The predicted molar refractivity (Wildman–Crippen MR) is 89.8 cm³/mol. The molecule has 4 rings (SSSR count). The Labute approximate surface area is 134 Å². The first-order chi connectivity index (χ1) is 10.7. The maximum absolute atomic E-state index is 10.9. The van der Waals surface area contributed by atoms with Crippen LogP contribution >= 0.6 is 0 Å². The Hall–Kier alpha value is -0.860. The van der Waals surface area contributed by atoms with Crippen LogP contribution in [0.2, 0.25) is 0 Å². The Morgan fingerprint density at radius 3 is 2.05 bits per heavy atom. The van der Waals surface area contributed by atoms with Gasteiger partial charge >= 0.3 is 0 Å². The largest absolute Gasteiger partial charge is 0.385 e. The Morgan fingerprint density at radius 1 is 0.682 bits per heavy atom. The smallest absolute Gasteiger partial charge is 0.0896 e. The van der Waals surface area contributed by atoms with E-state index in [-0.39, 0.29) is 0 Å². The van der Waals surface area contributed by atoms with E-state index in [9.17, 15) is 5.11 Å². The molecule has 120 valence electrons. The number of fused-ring (bicyclic) bond motifs is 1. The molecule has 3 fully saturated rings. The van der Waals surface area contributed by atoms with E-state index in [0.29, 0.717) is 5.54 Å². The molecule has 0 amide bonds. The van der Waals surface area contributed by atoms with E-state index in [1.807, 2.05) is 0 Å². The number of rotatable bonds is 2. The van der Waals surface area contributed by atoms with Crippen LogP contribution in [-0.4, -0.2) is 23.1 Å². The second kappa shape index (κ2) is 5.65. The van der Waals surface area contributed by atoms with Crippen LogP contribution in [-0.2, 0) is 11.1 Å². The lowest BCUT2D eigenvalue weighted by Gasteiger charge is -2.43. The van der Waals surface area contributed by atoms with Crippen LogP contribution in [0, 0.1) is 0 Å².